The SMILES string of the molecule is CC1=NC2=C(C(=O)CCC2)[C@H](c2ccccc2I)C1C(=O)OC1CCCCC1. The van der Waals surface area contributed by atoms with E-state index >= 15 is 0 Å². The number of halogens is 1. The zero-order valence-electron chi connectivity index (χ0n) is 16.2. The molecule has 0 amide bonds. The van der Waals surface area contributed by atoms with Crippen LogP contribution in [0.2, 0.25) is 0 Å². The highest BCUT2D eigenvalue weighted by molar-refractivity contribution is 14.1. The summed E-state index contributed by atoms with van der Waals surface area (Å²) >= 11 is 2.30. The number of Topliss-reactive ketones (excluding diaryl/α,β-unsaturated/α-hetero) is 1. The highest BCUT2D eigenvalue weighted by Crippen LogP contribution is 2.45. The maximum Gasteiger partial charge on any atom is 0.315 e. The van der Waals surface area contributed by atoms with Crippen LogP contribution >= 0.6 is 22.6 Å². The molecular formula is C23H26INO3. The van der Waals surface area contributed by atoms with E-state index in [0.717, 1.165) is 64.6 Å². The van der Waals surface area contributed by atoms with Crippen molar-refractivity contribution in [1.82, 2.24) is 0 Å². The number of allylic oxidation sites excluding steroid dienone is 2. The van der Waals surface area contributed by atoms with Crippen LogP contribution in [0.25, 0.3) is 0 Å². The number of hydrogen-bond donors (Lipinski definition) is 0. The first-order chi connectivity index (χ1) is 13.6. The van der Waals surface area contributed by atoms with Crippen LogP contribution in [0.4, 0.5) is 0 Å². The van der Waals surface area contributed by atoms with E-state index in [0.29, 0.717) is 6.42 Å². The van der Waals surface area contributed by atoms with Gasteiger partial charge in [0.1, 0.15) is 12.0 Å². The Morgan fingerprint density at radius 3 is 2.61 bits per heavy atom. The maximum atomic E-state index is 13.3. The fraction of sp³-hybridized carbons (Fsp3) is 0.522. The lowest BCUT2D eigenvalue weighted by Gasteiger charge is -2.36. The van der Waals surface area contributed by atoms with Gasteiger partial charge in [-0.15, -0.1) is 0 Å². The molecule has 28 heavy (non-hydrogen) atoms. The number of aliphatic imine (C=N–C) groups is 1. The van der Waals surface area contributed by atoms with Gasteiger partial charge < -0.3 is 4.74 Å². The summed E-state index contributed by atoms with van der Waals surface area (Å²) in [5, 5.41) is 0. The Morgan fingerprint density at radius 1 is 1.11 bits per heavy atom. The Bertz CT molecular complexity index is 851. The second kappa shape index (κ2) is 8.47. The molecule has 4 rings (SSSR count). The molecule has 2 atom stereocenters. The third-order valence-corrected chi connectivity index (χ3v) is 7.15. The van der Waals surface area contributed by atoms with Gasteiger partial charge in [-0.2, -0.15) is 0 Å². The molecule has 0 saturated heterocycles. The fourth-order valence-corrected chi connectivity index (χ4v) is 5.52. The van der Waals surface area contributed by atoms with E-state index < -0.39 is 5.92 Å². The van der Waals surface area contributed by atoms with Gasteiger partial charge >= 0.3 is 5.97 Å². The largest absolute Gasteiger partial charge is 0.462 e. The van der Waals surface area contributed by atoms with E-state index in [1.54, 1.807) is 0 Å². The Hall–Kier alpha value is -1.50. The summed E-state index contributed by atoms with van der Waals surface area (Å²) in [4.78, 5) is 30.9. The minimum absolute atomic E-state index is 0.00183. The van der Waals surface area contributed by atoms with E-state index in [1.807, 2.05) is 31.2 Å². The molecule has 0 bridgehead atoms. The monoisotopic (exact) mass is 491 g/mol. The van der Waals surface area contributed by atoms with E-state index in [-0.39, 0.29) is 23.8 Å². The second-order valence-electron chi connectivity index (χ2n) is 8.06. The first-order valence-electron chi connectivity index (χ1n) is 10.3. The predicted molar refractivity (Wildman–Crippen MR) is 117 cm³/mol. The van der Waals surface area contributed by atoms with Crippen LogP contribution < -0.4 is 0 Å². The van der Waals surface area contributed by atoms with Crippen molar-refractivity contribution in [3.63, 3.8) is 0 Å². The quantitative estimate of drug-likeness (QED) is 0.423. The molecule has 1 fully saturated rings. The van der Waals surface area contributed by atoms with Gasteiger partial charge in [0.15, 0.2) is 5.78 Å². The number of benzene rings is 1. The first kappa shape index (κ1) is 19.8. The van der Waals surface area contributed by atoms with Crippen molar-refractivity contribution >= 4 is 40.1 Å². The third kappa shape index (κ3) is 3.82. The molecule has 1 aliphatic heterocycles. The standard InChI is InChI=1S/C23H26INO3/c1-14-20(23(27)28-15-8-3-2-4-9-15)21(16-10-5-6-11-17(16)24)22-18(25-14)12-7-13-19(22)26/h5-6,10-11,15,20-21H,2-4,7-9,12-13H2,1H3/t20?,21-/m1/s1. The molecule has 1 saturated carbocycles. The van der Waals surface area contributed by atoms with Crippen molar-refractivity contribution in [3.05, 3.63) is 44.7 Å². The number of nitrogens with zero attached hydrogens (tertiary/aromatic N) is 1. The van der Waals surface area contributed by atoms with Gasteiger partial charge in [-0.05, 0) is 79.7 Å². The number of carbonyl (C=O) groups excluding carboxylic acids is 2. The lowest BCUT2D eigenvalue weighted by atomic mass is 9.72. The van der Waals surface area contributed by atoms with Gasteiger partial charge in [-0.1, -0.05) is 24.6 Å². The van der Waals surface area contributed by atoms with Crippen LogP contribution in [0.5, 0.6) is 0 Å². The Kier molecular flexibility index (Phi) is 5.99. The van der Waals surface area contributed by atoms with Gasteiger partial charge in [0.2, 0.25) is 0 Å². The topological polar surface area (TPSA) is 55.7 Å². The van der Waals surface area contributed by atoms with Gasteiger partial charge in [-0.25, -0.2) is 0 Å². The molecule has 1 aromatic rings. The maximum absolute atomic E-state index is 13.3. The summed E-state index contributed by atoms with van der Waals surface area (Å²) < 4.78 is 7.02. The van der Waals surface area contributed by atoms with Crippen molar-refractivity contribution in [2.45, 2.75) is 70.3 Å². The van der Waals surface area contributed by atoms with Crippen molar-refractivity contribution in [2.24, 2.45) is 10.9 Å². The normalized spacial score (nSPS) is 25.9. The third-order valence-electron chi connectivity index (χ3n) is 6.16. The number of ether oxygens (including phenoxy) is 1. The van der Waals surface area contributed by atoms with Crippen LogP contribution in [0.15, 0.2) is 40.5 Å². The second-order valence-corrected chi connectivity index (χ2v) is 9.23. The minimum atomic E-state index is -0.515. The van der Waals surface area contributed by atoms with E-state index in [2.05, 4.69) is 22.6 Å². The van der Waals surface area contributed by atoms with E-state index in [4.69, 9.17) is 9.73 Å². The molecule has 5 heteroatoms. The molecule has 1 aromatic carbocycles. The molecule has 0 spiro atoms. The molecule has 2 aliphatic carbocycles. The highest BCUT2D eigenvalue weighted by atomic mass is 127. The average Bonchev–Trinajstić information content (AvgIpc) is 2.68. The molecule has 0 aromatic heterocycles. The number of esters is 1. The van der Waals surface area contributed by atoms with E-state index in [9.17, 15) is 9.59 Å². The minimum Gasteiger partial charge on any atom is -0.462 e. The zero-order valence-corrected chi connectivity index (χ0v) is 18.4. The lowest BCUT2D eigenvalue weighted by Crippen LogP contribution is -2.39. The van der Waals surface area contributed by atoms with Crippen LogP contribution in [-0.2, 0) is 14.3 Å². The molecule has 1 heterocycles. The fourth-order valence-electron chi connectivity index (χ4n) is 4.80. The Balaban J connectivity index is 1.74. The van der Waals surface area contributed by atoms with Crippen molar-refractivity contribution in [1.29, 1.82) is 0 Å². The summed E-state index contributed by atoms with van der Waals surface area (Å²) in [6.45, 7) is 1.92. The van der Waals surface area contributed by atoms with Gasteiger partial charge in [-0.3, -0.25) is 14.6 Å². The van der Waals surface area contributed by atoms with E-state index in [1.165, 1.54) is 6.42 Å². The molecule has 0 N–H and O–H groups in total. The Morgan fingerprint density at radius 2 is 1.86 bits per heavy atom. The molecule has 3 aliphatic rings. The zero-order chi connectivity index (χ0) is 19.7. The van der Waals surface area contributed by atoms with Crippen molar-refractivity contribution in [2.75, 3.05) is 0 Å². The average molecular weight is 491 g/mol. The van der Waals surface area contributed by atoms with Crippen LogP contribution in [0, 0.1) is 9.49 Å². The summed E-state index contributed by atoms with van der Waals surface area (Å²) in [6.07, 6.45) is 7.51. The number of ketones is 1. The summed E-state index contributed by atoms with van der Waals surface area (Å²) in [6, 6.07) is 8.05. The molecule has 0 radical (unpaired) electrons. The molecule has 4 nitrogen and oxygen atoms in total. The smallest absolute Gasteiger partial charge is 0.315 e. The number of rotatable bonds is 3. The molecule has 1 unspecified atom stereocenters. The van der Waals surface area contributed by atoms with Gasteiger partial charge in [0, 0.05) is 32.9 Å². The van der Waals surface area contributed by atoms with Gasteiger partial charge in [0.25, 0.3) is 0 Å². The van der Waals surface area contributed by atoms with Crippen molar-refractivity contribution < 1.29 is 14.3 Å². The molecule has 148 valence electrons. The summed E-state index contributed by atoms with van der Waals surface area (Å²) in [5.74, 6) is -0.886. The number of hydrogen-bond acceptors (Lipinski definition) is 4. The van der Waals surface area contributed by atoms with Gasteiger partial charge in [0.05, 0.1) is 0 Å². The summed E-state index contributed by atoms with van der Waals surface area (Å²) in [5.41, 5.74) is 3.43. The number of carbonyl (C=O) groups is 2. The van der Waals surface area contributed by atoms with Crippen molar-refractivity contribution in [3.8, 4) is 0 Å². The first-order valence-corrected chi connectivity index (χ1v) is 11.4. The lowest BCUT2D eigenvalue weighted by molar-refractivity contribution is -0.153. The highest BCUT2D eigenvalue weighted by Gasteiger charge is 2.44. The van der Waals surface area contributed by atoms with Crippen LogP contribution in [-0.4, -0.2) is 23.6 Å². The van der Waals surface area contributed by atoms with Crippen LogP contribution in [0.1, 0.15) is 69.8 Å². The summed E-state index contributed by atoms with van der Waals surface area (Å²) in [7, 11) is 0. The van der Waals surface area contributed by atoms with Crippen LogP contribution in [0.3, 0.4) is 0 Å². The predicted octanol–water partition coefficient (Wildman–Crippen LogP) is 5.35. The molecular weight excluding hydrogens is 465 g/mol. The Labute approximate surface area is 180 Å².